The molecule has 7 heteroatoms. The van der Waals surface area contributed by atoms with E-state index < -0.39 is 0 Å². The number of anilines is 2. The van der Waals surface area contributed by atoms with Gasteiger partial charge in [-0.15, -0.1) is 0 Å². The topological polar surface area (TPSA) is 82.2 Å². The van der Waals surface area contributed by atoms with Crippen LogP contribution in [0.5, 0.6) is 5.75 Å². The molecular formula is C12H13BrN4O2. The van der Waals surface area contributed by atoms with Crippen molar-refractivity contribution in [2.24, 2.45) is 7.05 Å². The zero-order chi connectivity index (χ0) is 14.0. The van der Waals surface area contributed by atoms with Crippen molar-refractivity contribution < 1.29 is 9.53 Å². The lowest BCUT2D eigenvalue weighted by atomic mass is 10.2. The summed E-state index contributed by atoms with van der Waals surface area (Å²) in [6.07, 6.45) is 1.43. The molecule has 0 unspecified atom stereocenters. The quantitative estimate of drug-likeness (QED) is 0.905. The second kappa shape index (κ2) is 5.31. The fraction of sp³-hybridized carbons (Fsp3) is 0.167. The summed E-state index contributed by atoms with van der Waals surface area (Å²) in [5.74, 6) is 0.647. The van der Waals surface area contributed by atoms with E-state index in [2.05, 4.69) is 26.3 Å². The number of methoxy groups -OCH3 is 1. The molecule has 2 rings (SSSR count). The molecule has 0 saturated heterocycles. The predicted molar refractivity (Wildman–Crippen MR) is 76.3 cm³/mol. The van der Waals surface area contributed by atoms with Gasteiger partial charge >= 0.3 is 0 Å². The number of nitrogens with one attached hydrogen (secondary N) is 1. The molecule has 0 saturated carbocycles. The molecule has 3 N–H and O–H groups in total. The highest BCUT2D eigenvalue weighted by Crippen LogP contribution is 2.28. The summed E-state index contributed by atoms with van der Waals surface area (Å²) >= 11 is 3.35. The third kappa shape index (κ3) is 2.70. The summed E-state index contributed by atoms with van der Waals surface area (Å²) in [6.45, 7) is 0. The predicted octanol–water partition coefficient (Wildman–Crippen LogP) is 2.03. The Kier molecular flexibility index (Phi) is 3.75. The van der Waals surface area contributed by atoms with Crippen molar-refractivity contribution in [3.63, 3.8) is 0 Å². The van der Waals surface area contributed by atoms with E-state index in [4.69, 9.17) is 10.5 Å². The Labute approximate surface area is 118 Å². The van der Waals surface area contributed by atoms with Crippen molar-refractivity contribution >= 4 is 33.3 Å². The monoisotopic (exact) mass is 324 g/mol. The molecule has 1 aromatic carbocycles. The summed E-state index contributed by atoms with van der Waals surface area (Å²) in [7, 11) is 3.24. The van der Waals surface area contributed by atoms with E-state index in [1.54, 1.807) is 32.4 Å². The van der Waals surface area contributed by atoms with Gasteiger partial charge in [-0.3, -0.25) is 9.48 Å². The van der Waals surface area contributed by atoms with E-state index in [9.17, 15) is 4.79 Å². The summed E-state index contributed by atoms with van der Waals surface area (Å²) in [5.41, 5.74) is 6.70. The van der Waals surface area contributed by atoms with Gasteiger partial charge in [0.15, 0.2) is 0 Å². The molecule has 0 spiro atoms. The third-order valence-electron chi connectivity index (χ3n) is 2.64. The molecule has 0 fully saturated rings. The summed E-state index contributed by atoms with van der Waals surface area (Å²) in [5, 5.41) is 6.67. The number of ether oxygens (including phenoxy) is 1. The Balaban J connectivity index is 2.22. The van der Waals surface area contributed by atoms with E-state index in [1.807, 2.05) is 0 Å². The smallest absolute Gasteiger partial charge is 0.261 e. The van der Waals surface area contributed by atoms with Crippen molar-refractivity contribution in [3.8, 4) is 5.75 Å². The van der Waals surface area contributed by atoms with Crippen molar-refractivity contribution in [1.82, 2.24) is 9.78 Å². The second-order valence-corrected chi connectivity index (χ2v) is 4.72. The molecule has 0 aliphatic rings. The van der Waals surface area contributed by atoms with Crippen LogP contribution < -0.4 is 15.8 Å². The van der Waals surface area contributed by atoms with Gasteiger partial charge in [0.2, 0.25) is 0 Å². The van der Waals surface area contributed by atoms with Gasteiger partial charge in [-0.2, -0.15) is 5.10 Å². The number of nitrogen functional groups attached to an aromatic ring is 1. The molecule has 0 bridgehead atoms. The molecule has 19 heavy (non-hydrogen) atoms. The number of carbonyl (C=O) groups excluding carboxylic acids is 1. The van der Waals surface area contributed by atoms with Crippen LogP contribution in [-0.4, -0.2) is 22.8 Å². The van der Waals surface area contributed by atoms with Gasteiger partial charge in [-0.05, 0) is 28.1 Å². The fourth-order valence-electron chi connectivity index (χ4n) is 1.56. The number of benzene rings is 1. The molecular weight excluding hydrogens is 312 g/mol. The molecule has 1 heterocycles. The standard InChI is InChI=1S/C12H13BrN4O2/c1-17-11(14)8(6-15-17)12(18)16-7-3-4-9(13)10(5-7)19-2/h3-6H,14H2,1-2H3,(H,16,18). The highest BCUT2D eigenvalue weighted by Gasteiger charge is 2.14. The van der Waals surface area contributed by atoms with Crippen LogP contribution >= 0.6 is 15.9 Å². The lowest BCUT2D eigenvalue weighted by molar-refractivity contribution is 0.102. The molecule has 0 radical (unpaired) electrons. The average molecular weight is 325 g/mol. The first-order valence-electron chi connectivity index (χ1n) is 5.45. The Morgan fingerprint density at radius 1 is 1.53 bits per heavy atom. The van der Waals surface area contributed by atoms with Crippen molar-refractivity contribution in [1.29, 1.82) is 0 Å². The minimum absolute atomic E-state index is 0.310. The largest absolute Gasteiger partial charge is 0.495 e. The first kappa shape index (κ1) is 13.4. The Morgan fingerprint density at radius 2 is 2.26 bits per heavy atom. The van der Waals surface area contributed by atoms with Crippen LogP contribution in [-0.2, 0) is 7.05 Å². The molecule has 100 valence electrons. The second-order valence-electron chi connectivity index (χ2n) is 3.87. The highest BCUT2D eigenvalue weighted by molar-refractivity contribution is 9.10. The molecule has 0 aliphatic heterocycles. The minimum atomic E-state index is -0.310. The maximum atomic E-state index is 12.0. The van der Waals surface area contributed by atoms with E-state index in [0.717, 1.165) is 4.47 Å². The SMILES string of the molecule is COc1cc(NC(=O)c2cnn(C)c2N)ccc1Br. The number of aryl methyl sites for hydroxylation is 1. The number of nitrogens with zero attached hydrogens (tertiary/aromatic N) is 2. The van der Waals surface area contributed by atoms with Gasteiger partial charge in [0, 0.05) is 18.8 Å². The van der Waals surface area contributed by atoms with E-state index in [0.29, 0.717) is 22.8 Å². The lowest BCUT2D eigenvalue weighted by Gasteiger charge is -2.08. The maximum Gasteiger partial charge on any atom is 0.261 e. The number of halogens is 1. The Hall–Kier alpha value is -2.02. The van der Waals surface area contributed by atoms with Crippen molar-refractivity contribution in [3.05, 3.63) is 34.4 Å². The van der Waals surface area contributed by atoms with E-state index in [1.165, 1.54) is 10.9 Å². The lowest BCUT2D eigenvalue weighted by Crippen LogP contribution is -2.13. The number of hydrogen-bond acceptors (Lipinski definition) is 4. The van der Waals surface area contributed by atoms with Gasteiger partial charge in [0.05, 0.1) is 17.8 Å². The average Bonchev–Trinajstić information content (AvgIpc) is 2.72. The van der Waals surface area contributed by atoms with Gasteiger partial charge in [0.25, 0.3) is 5.91 Å². The van der Waals surface area contributed by atoms with Crippen LogP contribution in [0.1, 0.15) is 10.4 Å². The Morgan fingerprint density at radius 3 is 2.84 bits per heavy atom. The van der Waals surface area contributed by atoms with Crippen LogP contribution in [0.25, 0.3) is 0 Å². The first-order valence-corrected chi connectivity index (χ1v) is 6.24. The number of rotatable bonds is 3. The van der Waals surface area contributed by atoms with Crippen LogP contribution in [0.3, 0.4) is 0 Å². The Bertz CT molecular complexity index is 624. The number of hydrogen-bond donors (Lipinski definition) is 2. The third-order valence-corrected chi connectivity index (χ3v) is 3.29. The first-order chi connectivity index (χ1) is 9.02. The molecule has 6 nitrogen and oxygen atoms in total. The zero-order valence-electron chi connectivity index (χ0n) is 10.5. The minimum Gasteiger partial charge on any atom is -0.495 e. The molecule has 0 atom stereocenters. The maximum absolute atomic E-state index is 12.0. The van der Waals surface area contributed by atoms with Crippen LogP contribution in [0.4, 0.5) is 11.5 Å². The highest BCUT2D eigenvalue weighted by atomic mass is 79.9. The number of aromatic nitrogens is 2. The normalized spacial score (nSPS) is 10.3. The molecule has 0 aliphatic carbocycles. The van der Waals surface area contributed by atoms with Crippen molar-refractivity contribution in [2.45, 2.75) is 0 Å². The van der Waals surface area contributed by atoms with E-state index >= 15 is 0 Å². The molecule has 1 amide bonds. The molecule has 1 aromatic heterocycles. The zero-order valence-corrected chi connectivity index (χ0v) is 12.1. The van der Waals surface area contributed by atoms with Gasteiger partial charge in [0.1, 0.15) is 17.1 Å². The van der Waals surface area contributed by atoms with Gasteiger partial charge in [-0.1, -0.05) is 0 Å². The number of carbonyl (C=O) groups is 1. The summed E-state index contributed by atoms with van der Waals surface area (Å²) < 4.78 is 7.42. The van der Waals surface area contributed by atoms with Crippen LogP contribution in [0.2, 0.25) is 0 Å². The summed E-state index contributed by atoms with van der Waals surface area (Å²) in [4.78, 5) is 12.0. The van der Waals surface area contributed by atoms with Crippen molar-refractivity contribution in [2.75, 3.05) is 18.2 Å². The molecule has 2 aromatic rings. The number of amides is 1. The van der Waals surface area contributed by atoms with Crippen LogP contribution in [0.15, 0.2) is 28.9 Å². The van der Waals surface area contributed by atoms with Gasteiger partial charge in [-0.25, -0.2) is 0 Å². The fourth-order valence-corrected chi connectivity index (χ4v) is 1.97. The number of nitrogens with two attached hydrogens (primary N) is 1. The van der Waals surface area contributed by atoms with Crippen LogP contribution in [0, 0.1) is 0 Å². The summed E-state index contributed by atoms with van der Waals surface area (Å²) in [6, 6.07) is 5.27. The van der Waals surface area contributed by atoms with E-state index in [-0.39, 0.29) is 5.91 Å². The van der Waals surface area contributed by atoms with Gasteiger partial charge < -0.3 is 15.8 Å².